The van der Waals surface area contributed by atoms with Crippen molar-refractivity contribution in [2.24, 2.45) is 7.05 Å². The van der Waals surface area contributed by atoms with Gasteiger partial charge in [-0.05, 0) is 18.2 Å². The minimum absolute atomic E-state index is 0.635. The molecule has 0 saturated carbocycles. The number of methoxy groups -OCH3 is 1. The Morgan fingerprint density at radius 1 is 1.04 bits per heavy atom. The molecule has 1 aliphatic heterocycles. The molecule has 7 nitrogen and oxygen atoms in total. The largest absolute Gasteiger partial charge is 0.495 e. The standard InChI is InChI=1S/C20H24N6O/c1-24-14-15(13-23-24)17-11-18(21)20(27-2)12-19(17)26-9-7-25(8-10-26)16-3-5-22-6-4-16/h3-6,11-14H,7-10,21H2,1-2H3. The maximum Gasteiger partial charge on any atom is 0.143 e. The van der Waals surface area contributed by atoms with E-state index in [0.29, 0.717) is 11.4 Å². The van der Waals surface area contributed by atoms with Crippen LogP contribution in [-0.4, -0.2) is 48.1 Å². The number of rotatable bonds is 4. The molecule has 0 atom stereocenters. The maximum absolute atomic E-state index is 6.19. The van der Waals surface area contributed by atoms with Gasteiger partial charge in [0.1, 0.15) is 5.75 Å². The van der Waals surface area contributed by atoms with Crippen molar-refractivity contribution in [3.05, 3.63) is 49.1 Å². The maximum atomic E-state index is 6.19. The van der Waals surface area contributed by atoms with Crippen LogP contribution in [-0.2, 0) is 7.05 Å². The van der Waals surface area contributed by atoms with Crippen molar-refractivity contribution in [2.75, 3.05) is 48.8 Å². The monoisotopic (exact) mass is 364 g/mol. The van der Waals surface area contributed by atoms with E-state index in [-0.39, 0.29) is 0 Å². The molecule has 1 saturated heterocycles. The molecule has 4 rings (SSSR count). The molecule has 0 radical (unpaired) electrons. The molecule has 3 aromatic rings. The van der Waals surface area contributed by atoms with Gasteiger partial charge in [0.05, 0.1) is 19.0 Å². The number of piperazine rings is 1. The van der Waals surface area contributed by atoms with Gasteiger partial charge >= 0.3 is 0 Å². The number of hydrogen-bond donors (Lipinski definition) is 1. The number of nitrogens with two attached hydrogens (primary N) is 1. The van der Waals surface area contributed by atoms with Crippen LogP contribution in [0.2, 0.25) is 0 Å². The van der Waals surface area contributed by atoms with Gasteiger partial charge in [-0.2, -0.15) is 5.10 Å². The molecule has 0 aliphatic carbocycles. The normalized spacial score (nSPS) is 14.4. The first-order chi connectivity index (χ1) is 13.2. The third-order valence-electron chi connectivity index (χ3n) is 5.01. The fraction of sp³-hybridized carbons (Fsp3) is 0.300. The van der Waals surface area contributed by atoms with E-state index in [1.165, 1.54) is 5.69 Å². The van der Waals surface area contributed by atoms with Crippen LogP contribution in [0.15, 0.2) is 49.1 Å². The topological polar surface area (TPSA) is 72.4 Å². The lowest BCUT2D eigenvalue weighted by molar-refractivity contribution is 0.417. The zero-order chi connectivity index (χ0) is 18.8. The lowest BCUT2D eigenvalue weighted by Gasteiger charge is -2.38. The van der Waals surface area contributed by atoms with Gasteiger partial charge < -0.3 is 20.3 Å². The van der Waals surface area contributed by atoms with Crippen molar-refractivity contribution in [2.45, 2.75) is 0 Å². The fourth-order valence-electron chi connectivity index (χ4n) is 3.58. The molecule has 1 aliphatic rings. The van der Waals surface area contributed by atoms with Gasteiger partial charge in [-0.1, -0.05) is 0 Å². The summed E-state index contributed by atoms with van der Waals surface area (Å²) in [6, 6.07) is 8.14. The van der Waals surface area contributed by atoms with Crippen molar-refractivity contribution >= 4 is 17.1 Å². The summed E-state index contributed by atoms with van der Waals surface area (Å²) in [6.07, 6.45) is 7.57. The molecule has 140 valence electrons. The Hall–Kier alpha value is -3.22. The van der Waals surface area contributed by atoms with Gasteiger partial charge in [-0.3, -0.25) is 9.67 Å². The van der Waals surface area contributed by atoms with Crippen molar-refractivity contribution < 1.29 is 4.74 Å². The molecule has 0 bridgehead atoms. The Labute approximate surface area is 159 Å². The number of benzene rings is 1. The van der Waals surface area contributed by atoms with Crippen molar-refractivity contribution in [3.63, 3.8) is 0 Å². The molecule has 0 spiro atoms. The zero-order valence-corrected chi connectivity index (χ0v) is 15.7. The molecule has 7 heteroatoms. The number of aryl methyl sites for hydroxylation is 1. The third kappa shape index (κ3) is 3.40. The molecular formula is C20H24N6O. The predicted octanol–water partition coefficient (Wildman–Crippen LogP) is 2.40. The minimum atomic E-state index is 0.635. The van der Waals surface area contributed by atoms with E-state index in [2.05, 4.69) is 32.0 Å². The van der Waals surface area contributed by atoms with Crippen LogP contribution in [0.3, 0.4) is 0 Å². The van der Waals surface area contributed by atoms with E-state index in [4.69, 9.17) is 10.5 Å². The molecule has 0 amide bonds. The SMILES string of the molecule is COc1cc(N2CCN(c3ccncc3)CC2)c(-c2cnn(C)c2)cc1N. The highest BCUT2D eigenvalue weighted by Gasteiger charge is 2.22. The zero-order valence-electron chi connectivity index (χ0n) is 15.7. The number of ether oxygens (including phenoxy) is 1. The average Bonchev–Trinajstić information content (AvgIpc) is 3.15. The first-order valence-electron chi connectivity index (χ1n) is 9.02. The predicted molar refractivity (Wildman–Crippen MR) is 108 cm³/mol. The highest BCUT2D eigenvalue weighted by Crippen LogP contribution is 2.38. The van der Waals surface area contributed by atoms with Gasteiger partial charge in [0.15, 0.2) is 0 Å². The average molecular weight is 364 g/mol. The van der Waals surface area contributed by atoms with Gasteiger partial charge in [-0.15, -0.1) is 0 Å². The van der Waals surface area contributed by atoms with Gasteiger partial charge in [-0.25, -0.2) is 0 Å². The summed E-state index contributed by atoms with van der Waals surface area (Å²) < 4.78 is 7.28. The first-order valence-corrected chi connectivity index (χ1v) is 9.02. The number of hydrogen-bond acceptors (Lipinski definition) is 6. The summed E-state index contributed by atoms with van der Waals surface area (Å²) in [5, 5.41) is 4.32. The van der Waals surface area contributed by atoms with Crippen LogP contribution in [0, 0.1) is 0 Å². The van der Waals surface area contributed by atoms with Crippen LogP contribution in [0.1, 0.15) is 0 Å². The Kier molecular flexibility index (Phi) is 4.58. The number of anilines is 3. The van der Waals surface area contributed by atoms with Crippen LogP contribution in [0.4, 0.5) is 17.1 Å². The highest BCUT2D eigenvalue weighted by molar-refractivity contribution is 5.83. The van der Waals surface area contributed by atoms with E-state index in [9.17, 15) is 0 Å². The molecular weight excluding hydrogens is 340 g/mol. The van der Waals surface area contributed by atoms with Crippen molar-refractivity contribution in [1.82, 2.24) is 14.8 Å². The lowest BCUT2D eigenvalue weighted by atomic mass is 10.0. The summed E-state index contributed by atoms with van der Waals surface area (Å²) in [5.41, 5.74) is 11.3. The second kappa shape index (κ2) is 7.19. The van der Waals surface area contributed by atoms with Crippen molar-refractivity contribution in [1.29, 1.82) is 0 Å². The molecule has 2 N–H and O–H groups in total. The highest BCUT2D eigenvalue weighted by atomic mass is 16.5. The Morgan fingerprint density at radius 3 is 2.37 bits per heavy atom. The van der Waals surface area contributed by atoms with Crippen molar-refractivity contribution in [3.8, 4) is 16.9 Å². The summed E-state index contributed by atoms with van der Waals surface area (Å²) in [4.78, 5) is 8.88. The van der Waals surface area contributed by atoms with Crippen LogP contribution in [0.25, 0.3) is 11.1 Å². The first kappa shape index (κ1) is 17.2. The molecule has 1 fully saturated rings. The van der Waals surface area contributed by atoms with E-state index < -0.39 is 0 Å². The second-order valence-corrected chi connectivity index (χ2v) is 6.69. The Morgan fingerprint density at radius 2 is 1.74 bits per heavy atom. The fourth-order valence-corrected chi connectivity index (χ4v) is 3.58. The van der Waals surface area contributed by atoms with Gasteiger partial charge in [0, 0.05) is 80.4 Å². The van der Waals surface area contributed by atoms with Gasteiger partial charge in [0.25, 0.3) is 0 Å². The van der Waals surface area contributed by atoms with Crippen LogP contribution in [0.5, 0.6) is 5.75 Å². The van der Waals surface area contributed by atoms with Crippen LogP contribution >= 0.6 is 0 Å². The summed E-state index contributed by atoms with van der Waals surface area (Å²) in [5.74, 6) is 0.703. The van der Waals surface area contributed by atoms with E-state index in [1.807, 2.05) is 44.0 Å². The number of nitrogens with zero attached hydrogens (tertiary/aromatic N) is 5. The van der Waals surface area contributed by atoms with Crippen LogP contribution < -0.4 is 20.3 Å². The Balaban J connectivity index is 1.63. The molecule has 2 aromatic heterocycles. The second-order valence-electron chi connectivity index (χ2n) is 6.69. The third-order valence-corrected chi connectivity index (χ3v) is 5.01. The lowest BCUT2D eigenvalue weighted by Crippen LogP contribution is -2.46. The quantitative estimate of drug-likeness (QED) is 0.717. The minimum Gasteiger partial charge on any atom is -0.495 e. The molecule has 27 heavy (non-hydrogen) atoms. The number of nitrogen functional groups attached to an aromatic ring is 1. The summed E-state index contributed by atoms with van der Waals surface area (Å²) >= 11 is 0. The van der Waals surface area contributed by atoms with E-state index >= 15 is 0 Å². The Bertz CT molecular complexity index is 915. The molecule has 1 aromatic carbocycles. The number of pyridine rings is 1. The summed E-state index contributed by atoms with van der Waals surface area (Å²) in [6.45, 7) is 3.73. The summed E-state index contributed by atoms with van der Waals surface area (Å²) in [7, 11) is 3.57. The molecule has 0 unspecified atom stereocenters. The molecule has 3 heterocycles. The number of aromatic nitrogens is 3. The van der Waals surface area contributed by atoms with E-state index in [1.54, 1.807) is 11.8 Å². The smallest absolute Gasteiger partial charge is 0.143 e. The van der Waals surface area contributed by atoms with E-state index in [0.717, 1.165) is 43.0 Å². The van der Waals surface area contributed by atoms with Gasteiger partial charge in [0.2, 0.25) is 0 Å².